The second-order valence-corrected chi connectivity index (χ2v) is 7.25. The number of hydrogen-bond acceptors (Lipinski definition) is 4. The van der Waals surface area contributed by atoms with Crippen LogP contribution >= 0.6 is 0 Å². The number of rotatable bonds is 4. The molecule has 5 nitrogen and oxygen atoms in total. The molecule has 28 heavy (non-hydrogen) atoms. The van der Waals surface area contributed by atoms with Gasteiger partial charge in [-0.05, 0) is 38.8 Å². The number of carbonyl (C=O) groups is 1. The van der Waals surface area contributed by atoms with Gasteiger partial charge in [0.05, 0.1) is 23.1 Å². The van der Waals surface area contributed by atoms with Crippen molar-refractivity contribution in [3.63, 3.8) is 0 Å². The fraction of sp³-hybridized carbons (Fsp3) is 0.304. The van der Waals surface area contributed by atoms with Crippen molar-refractivity contribution in [2.45, 2.75) is 38.8 Å². The summed E-state index contributed by atoms with van der Waals surface area (Å²) in [5.74, 6) is 0.227. The van der Waals surface area contributed by atoms with Crippen molar-refractivity contribution >= 4 is 16.9 Å². The molecule has 1 amide bonds. The lowest BCUT2D eigenvalue weighted by Crippen LogP contribution is -2.40. The van der Waals surface area contributed by atoms with Gasteiger partial charge in [-0.25, -0.2) is 0 Å². The molecule has 4 rings (SSSR count). The molecule has 144 valence electrons. The lowest BCUT2D eigenvalue weighted by atomic mass is 10.0. The molecule has 0 spiro atoms. The van der Waals surface area contributed by atoms with Crippen molar-refractivity contribution in [2.24, 2.45) is 0 Å². The summed E-state index contributed by atoms with van der Waals surface area (Å²) in [6.45, 7) is 4.42. The molecule has 0 unspecified atom stereocenters. The third kappa shape index (κ3) is 3.34. The lowest BCUT2D eigenvalue weighted by Gasteiger charge is -2.20. The van der Waals surface area contributed by atoms with Gasteiger partial charge < -0.3 is 14.5 Å². The average molecular weight is 377 g/mol. The third-order valence-corrected chi connectivity index (χ3v) is 5.31. The SMILES string of the molecule is Cc1c(-c2ccccc2)oc2c(C(=O)N[C@@H](C)[C@@H]3CCCO3)cccc2c1=O. The summed E-state index contributed by atoms with van der Waals surface area (Å²) in [6, 6.07) is 14.4. The standard InChI is InChI=1S/C23H23NO4/c1-14-20(25)17-10-6-11-18(23(26)24-15(2)19-12-7-13-27-19)22(17)28-21(14)16-8-4-3-5-9-16/h3-6,8-11,15,19H,7,12-13H2,1-2H3,(H,24,26)/t15-,19-/m0/s1. The Labute approximate surface area is 163 Å². The number of fused-ring (bicyclic) bond motifs is 1. The topological polar surface area (TPSA) is 68.5 Å². The first-order valence-electron chi connectivity index (χ1n) is 9.60. The molecule has 5 heteroatoms. The zero-order valence-corrected chi connectivity index (χ0v) is 16.0. The molecule has 2 aromatic carbocycles. The second kappa shape index (κ2) is 7.60. The van der Waals surface area contributed by atoms with Crippen LogP contribution in [0.2, 0.25) is 0 Å². The molecule has 0 saturated carbocycles. The van der Waals surface area contributed by atoms with E-state index in [0.717, 1.165) is 25.0 Å². The number of para-hydroxylation sites is 1. The first-order chi connectivity index (χ1) is 13.6. The Bertz CT molecular complexity index is 1070. The molecule has 0 radical (unpaired) electrons. The van der Waals surface area contributed by atoms with Gasteiger partial charge in [0.15, 0.2) is 11.0 Å². The summed E-state index contributed by atoms with van der Waals surface area (Å²) in [7, 11) is 0. The van der Waals surface area contributed by atoms with E-state index >= 15 is 0 Å². The van der Waals surface area contributed by atoms with Crippen LogP contribution in [-0.2, 0) is 4.74 Å². The van der Waals surface area contributed by atoms with Crippen LogP contribution in [0, 0.1) is 6.92 Å². The summed E-state index contributed by atoms with van der Waals surface area (Å²) >= 11 is 0. The molecule has 1 N–H and O–H groups in total. The third-order valence-electron chi connectivity index (χ3n) is 5.31. The summed E-state index contributed by atoms with van der Waals surface area (Å²) < 4.78 is 11.8. The molecule has 1 saturated heterocycles. The number of benzene rings is 2. The van der Waals surface area contributed by atoms with Gasteiger partial charge in [0.1, 0.15) is 5.76 Å². The van der Waals surface area contributed by atoms with Crippen molar-refractivity contribution < 1.29 is 13.9 Å². The van der Waals surface area contributed by atoms with Crippen molar-refractivity contribution in [3.8, 4) is 11.3 Å². The Hall–Kier alpha value is -2.92. The number of amides is 1. The molecule has 3 aromatic rings. The predicted octanol–water partition coefficient (Wildman–Crippen LogP) is 4.07. The molecule has 1 aromatic heterocycles. The van der Waals surface area contributed by atoms with Gasteiger partial charge in [-0.1, -0.05) is 36.4 Å². The van der Waals surface area contributed by atoms with Crippen LogP contribution in [0.5, 0.6) is 0 Å². The smallest absolute Gasteiger partial charge is 0.255 e. The molecule has 1 fully saturated rings. The van der Waals surface area contributed by atoms with E-state index in [0.29, 0.717) is 27.9 Å². The van der Waals surface area contributed by atoms with Crippen molar-refractivity contribution in [1.82, 2.24) is 5.32 Å². The lowest BCUT2D eigenvalue weighted by molar-refractivity contribution is 0.0712. The normalized spacial score (nSPS) is 17.6. The number of carbonyl (C=O) groups excluding carboxylic acids is 1. The molecular formula is C23H23NO4. The first kappa shape index (κ1) is 18.4. The molecule has 0 bridgehead atoms. The van der Waals surface area contributed by atoms with Crippen LogP contribution in [-0.4, -0.2) is 24.7 Å². The highest BCUT2D eigenvalue weighted by molar-refractivity contribution is 6.05. The average Bonchev–Trinajstić information content (AvgIpc) is 3.26. The van der Waals surface area contributed by atoms with Gasteiger partial charge in [0.25, 0.3) is 5.91 Å². The minimum Gasteiger partial charge on any atom is -0.455 e. The maximum absolute atomic E-state index is 12.9. The number of ether oxygens (including phenoxy) is 1. The maximum atomic E-state index is 12.9. The van der Waals surface area contributed by atoms with Crippen molar-refractivity contribution in [2.75, 3.05) is 6.61 Å². The van der Waals surface area contributed by atoms with Crippen LogP contribution in [0.1, 0.15) is 35.7 Å². The van der Waals surface area contributed by atoms with Gasteiger partial charge >= 0.3 is 0 Å². The zero-order chi connectivity index (χ0) is 19.7. The van der Waals surface area contributed by atoms with Crippen LogP contribution in [0.4, 0.5) is 0 Å². The largest absolute Gasteiger partial charge is 0.455 e. The summed E-state index contributed by atoms with van der Waals surface area (Å²) in [5, 5.41) is 3.41. The summed E-state index contributed by atoms with van der Waals surface area (Å²) in [6.07, 6.45) is 1.96. The van der Waals surface area contributed by atoms with E-state index in [4.69, 9.17) is 9.15 Å². The molecule has 2 atom stereocenters. The zero-order valence-electron chi connectivity index (χ0n) is 16.0. The Morgan fingerprint density at radius 2 is 1.93 bits per heavy atom. The highest BCUT2D eigenvalue weighted by Crippen LogP contribution is 2.27. The highest BCUT2D eigenvalue weighted by atomic mass is 16.5. The van der Waals surface area contributed by atoms with Gasteiger partial charge in [-0.15, -0.1) is 0 Å². The Balaban J connectivity index is 1.77. The molecule has 2 heterocycles. The highest BCUT2D eigenvalue weighted by Gasteiger charge is 2.25. The molecular weight excluding hydrogens is 354 g/mol. The summed E-state index contributed by atoms with van der Waals surface area (Å²) in [4.78, 5) is 25.9. The molecule has 1 aliphatic heterocycles. The van der Waals surface area contributed by atoms with Gasteiger partial charge in [0, 0.05) is 17.7 Å². The van der Waals surface area contributed by atoms with Crippen molar-refractivity contribution in [3.05, 3.63) is 69.9 Å². The van der Waals surface area contributed by atoms with E-state index in [9.17, 15) is 9.59 Å². The monoisotopic (exact) mass is 377 g/mol. The van der Waals surface area contributed by atoms with Crippen molar-refractivity contribution in [1.29, 1.82) is 0 Å². The number of hydrogen-bond donors (Lipinski definition) is 1. The number of nitrogens with one attached hydrogen (secondary N) is 1. The fourth-order valence-electron chi connectivity index (χ4n) is 3.73. The van der Waals surface area contributed by atoms with Crippen LogP contribution in [0.15, 0.2) is 57.7 Å². The predicted molar refractivity (Wildman–Crippen MR) is 109 cm³/mol. The Morgan fingerprint density at radius 1 is 1.14 bits per heavy atom. The van der Waals surface area contributed by atoms with Crippen LogP contribution in [0.25, 0.3) is 22.3 Å². The minimum absolute atomic E-state index is 0.0214. The first-order valence-corrected chi connectivity index (χ1v) is 9.60. The Kier molecular flexibility index (Phi) is 5.01. The maximum Gasteiger partial charge on any atom is 0.255 e. The van der Waals surface area contributed by atoms with Gasteiger partial charge in [-0.2, -0.15) is 0 Å². The molecule has 1 aliphatic rings. The Morgan fingerprint density at radius 3 is 2.64 bits per heavy atom. The van der Waals surface area contributed by atoms with E-state index in [-0.39, 0.29) is 23.5 Å². The van der Waals surface area contributed by atoms with E-state index in [1.54, 1.807) is 25.1 Å². The van der Waals surface area contributed by atoms with E-state index < -0.39 is 0 Å². The van der Waals surface area contributed by atoms with Crippen LogP contribution < -0.4 is 10.7 Å². The van der Waals surface area contributed by atoms with E-state index in [1.165, 1.54) is 0 Å². The minimum atomic E-state index is -0.264. The van der Waals surface area contributed by atoms with E-state index in [1.807, 2.05) is 37.3 Å². The molecule has 0 aliphatic carbocycles. The van der Waals surface area contributed by atoms with E-state index in [2.05, 4.69) is 5.32 Å². The van der Waals surface area contributed by atoms with Gasteiger partial charge in [-0.3, -0.25) is 9.59 Å². The second-order valence-electron chi connectivity index (χ2n) is 7.25. The fourth-order valence-corrected chi connectivity index (χ4v) is 3.73. The quantitative estimate of drug-likeness (QED) is 0.744. The summed E-state index contributed by atoms with van der Waals surface area (Å²) in [5.41, 5.74) is 1.89. The van der Waals surface area contributed by atoms with Gasteiger partial charge in [0.2, 0.25) is 0 Å². The van der Waals surface area contributed by atoms with Crippen LogP contribution in [0.3, 0.4) is 0 Å².